The van der Waals surface area contributed by atoms with Gasteiger partial charge in [-0.15, -0.1) is 0 Å². The third kappa shape index (κ3) is 6.19. The molecule has 1 heterocycles. The summed E-state index contributed by atoms with van der Waals surface area (Å²) in [7, 11) is 0. The van der Waals surface area contributed by atoms with Gasteiger partial charge in [0.2, 0.25) is 5.91 Å². The van der Waals surface area contributed by atoms with E-state index in [1.54, 1.807) is 13.8 Å². The van der Waals surface area contributed by atoms with Crippen LogP contribution in [-0.2, 0) is 19.2 Å². The smallest absolute Gasteiger partial charge is 0.322 e. The molecule has 3 N–H and O–H groups in total. The van der Waals surface area contributed by atoms with Crippen LogP contribution in [0.2, 0.25) is 0 Å². The molecule has 0 radical (unpaired) electrons. The van der Waals surface area contributed by atoms with Gasteiger partial charge in [-0.25, -0.2) is 5.43 Å². The largest absolute Gasteiger partial charge is 0.480 e. The number of hydrogen-bond donors (Lipinski definition) is 3. The molecule has 0 aliphatic carbocycles. The van der Waals surface area contributed by atoms with Crippen LogP contribution in [0.3, 0.4) is 0 Å². The molecule has 0 saturated carbocycles. The summed E-state index contributed by atoms with van der Waals surface area (Å²) in [4.78, 5) is 46.4. The number of unbranched alkanes of at least 4 members (excludes halogenated alkanes) is 2. The molecule has 0 aromatic carbocycles. The molecule has 8 heteroatoms. The average Bonchev–Trinajstić information content (AvgIpc) is 2.77. The molecule has 0 spiro atoms. The first kappa shape index (κ1) is 18.8. The van der Waals surface area contributed by atoms with Crippen molar-refractivity contribution in [1.29, 1.82) is 0 Å². The van der Waals surface area contributed by atoms with Crippen molar-refractivity contribution in [3.8, 4) is 0 Å². The quantitative estimate of drug-likeness (QED) is 0.300. The number of aliphatic carboxylic acids is 1. The second-order valence-electron chi connectivity index (χ2n) is 5.72. The number of amides is 3. The van der Waals surface area contributed by atoms with Crippen LogP contribution in [0.25, 0.3) is 0 Å². The van der Waals surface area contributed by atoms with Crippen LogP contribution in [0, 0.1) is 5.92 Å². The Hall–Kier alpha value is -2.22. The van der Waals surface area contributed by atoms with Gasteiger partial charge in [0.25, 0.3) is 11.8 Å². The second kappa shape index (κ2) is 9.04. The first-order chi connectivity index (χ1) is 10.8. The number of hydrogen-bond acceptors (Lipinski definition) is 5. The third-order valence-corrected chi connectivity index (χ3v) is 3.49. The molecule has 128 valence electrons. The van der Waals surface area contributed by atoms with Gasteiger partial charge in [0.05, 0.1) is 0 Å². The van der Waals surface area contributed by atoms with Crippen LogP contribution in [-0.4, -0.2) is 46.3 Å². The van der Waals surface area contributed by atoms with Gasteiger partial charge in [0, 0.05) is 25.1 Å². The van der Waals surface area contributed by atoms with Crippen LogP contribution in [0.4, 0.5) is 0 Å². The molecule has 0 fully saturated rings. The van der Waals surface area contributed by atoms with Crippen molar-refractivity contribution in [2.45, 2.75) is 45.6 Å². The van der Waals surface area contributed by atoms with Gasteiger partial charge in [0.1, 0.15) is 6.04 Å². The predicted octanol–water partition coefficient (Wildman–Crippen LogP) is 0.202. The maximum atomic E-state index is 11.6. The van der Waals surface area contributed by atoms with E-state index in [1.807, 2.05) is 0 Å². The van der Waals surface area contributed by atoms with Crippen molar-refractivity contribution >= 4 is 23.7 Å². The second-order valence-corrected chi connectivity index (χ2v) is 5.72. The fourth-order valence-corrected chi connectivity index (χ4v) is 2.12. The lowest BCUT2D eigenvalue weighted by Gasteiger charge is -2.18. The summed E-state index contributed by atoms with van der Waals surface area (Å²) in [6.07, 6.45) is 4.65. The normalized spacial score (nSPS) is 15.3. The summed E-state index contributed by atoms with van der Waals surface area (Å²) in [5.41, 5.74) is 4.90. The van der Waals surface area contributed by atoms with Crippen molar-refractivity contribution in [3.05, 3.63) is 12.2 Å². The average molecular weight is 325 g/mol. The molecule has 0 saturated heterocycles. The lowest BCUT2D eigenvalue weighted by Crippen LogP contribution is -2.50. The Balaban J connectivity index is 2.13. The zero-order valence-electron chi connectivity index (χ0n) is 13.4. The lowest BCUT2D eigenvalue weighted by molar-refractivity contribution is -0.141. The molecule has 1 rings (SSSR count). The topological polar surface area (TPSA) is 116 Å². The van der Waals surface area contributed by atoms with E-state index in [-0.39, 0.29) is 30.1 Å². The highest BCUT2D eigenvalue weighted by atomic mass is 16.4. The van der Waals surface area contributed by atoms with Crippen LogP contribution < -0.4 is 10.9 Å². The molecule has 0 aromatic rings. The summed E-state index contributed by atoms with van der Waals surface area (Å²) < 4.78 is 0. The van der Waals surface area contributed by atoms with E-state index in [2.05, 4.69) is 10.9 Å². The van der Waals surface area contributed by atoms with E-state index in [0.717, 1.165) is 0 Å². The fourth-order valence-electron chi connectivity index (χ4n) is 2.12. The van der Waals surface area contributed by atoms with Crippen molar-refractivity contribution in [2.24, 2.45) is 5.92 Å². The van der Waals surface area contributed by atoms with Gasteiger partial charge < -0.3 is 5.11 Å². The number of imide groups is 1. The third-order valence-electron chi connectivity index (χ3n) is 3.49. The van der Waals surface area contributed by atoms with Gasteiger partial charge in [-0.05, 0) is 18.8 Å². The monoisotopic (exact) mass is 325 g/mol. The number of nitrogens with one attached hydrogen (secondary N) is 2. The summed E-state index contributed by atoms with van der Waals surface area (Å²) >= 11 is 0. The van der Waals surface area contributed by atoms with E-state index in [4.69, 9.17) is 5.11 Å². The predicted molar refractivity (Wildman–Crippen MR) is 81.9 cm³/mol. The van der Waals surface area contributed by atoms with Crippen LogP contribution in [0.15, 0.2) is 12.2 Å². The van der Waals surface area contributed by atoms with E-state index in [1.165, 1.54) is 17.1 Å². The maximum Gasteiger partial charge on any atom is 0.322 e. The highest BCUT2D eigenvalue weighted by Gasteiger charge is 2.22. The molecular formula is C15H23N3O5. The van der Waals surface area contributed by atoms with Crippen molar-refractivity contribution in [3.63, 3.8) is 0 Å². The number of nitrogens with zero attached hydrogens (tertiary/aromatic N) is 1. The molecule has 23 heavy (non-hydrogen) atoms. The molecule has 0 bridgehead atoms. The minimum atomic E-state index is -1.02. The zero-order chi connectivity index (χ0) is 17.4. The van der Waals surface area contributed by atoms with Gasteiger partial charge in [0.15, 0.2) is 0 Å². The Morgan fingerprint density at radius 2 is 1.74 bits per heavy atom. The molecular weight excluding hydrogens is 302 g/mol. The summed E-state index contributed by atoms with van der Waals surface area (Å²) in [6.45, 7) is 3.83. The van der Waals surface area contributed by atoms with E-state index >= 15 is 0 Å². The number of carbonyl (C=O) groups excluding carboxylic acids is 3. The maximum absolute atomic E-state index is 11.6. The molecule has 0 aromatic heterocycles. The Morgan fingerprint density at radius 1 is 1.13 bits per heavy atom. The number of rotatable bonds is 10. The van der Waals surface area contributed by atoms with E-state index < -0.39 is 12.0 Å². The SMILES string of the molecule is CC(C)C(NNC(=O)CCCCCN1C(=O)C=CC1=O)C(=O)O. The zero-order valence-corrected chi connectivity index (χ0v) is 13.4. The molecule has 3 amide bonds. The first-order valence-corrected chi connectivity index (χ1v) is 7.63. The summed E-state index contributed by atoms with van der Waals surface area (Å²) in [5.74, 6) is -2.06. The van der Waals surface area contributed by atoms with Crippen LogP contribution in [0.1, 0.15) is 39.5 Å². The first-order valence-electron chi connectivity index (χ1n) is 7.63. The van der Waals surface area contributed by atoms with E-state index in [9.17, 15) is 19.2 Å². The molecule has 1 aliphatic rings. The standard InChI is InChI=1S/C15H23N3O5/c1-10(2)14(15(22)23)17-16-11(19)6-4-3-5-9-18-12(20)7-8-13(18)21/h7-8,10,14,17H,3-6,9H2,1-2H3,(H,16,19)(H,22,23). The van der Waals surface area contributed by atoms with Gasteiger partial charge in [-0.3, -0.25) is 29.5 Å². The highest BCUT2D eigenvalue weighted by molar-refractivity contribution is 6.12. The number of hydrazine groups is 1. The summed E-state index contributed by atoms with van der Waals surface area (Å²) in [6, 6.07) is -0.835. The molecule has 1 unspecified atom stereocenters. The van der Waals surface area contributed by atoms with Gasteiger partial charge in [-0.2, -0.15) is 0 Å². The van der Waals surface area contributed by atoms with Gasteiger partial charge >= 0.3 is 5.97 Å². The molecule has 1 atom stereocenters. The van der Waals surface area contributed by atoms with Crippen molar-refractivity contribution in [1.82, 2.24) is 15.8 Å². The Labute approximate surface area is 134 Å². The van der Waals surface area contributed by atoms with Gasteiger partial charge in [-0.1, -0.05) is 20.3 Å². The summed E-state index contributed by atoms with van der Waals surface area (Å²) in [5, 5.41) is 8.97. The Kier molecular flexibility index (Phi) is 7.40. The van der Waals surface area contributed by atoms with Crippen LogP contribution >= 0.6 is 0 Å². The molecule has 1 aliphatic heterocycles. The Morgan fingerprint density at radius 3 is 2.26 bits per heavy atom. The van der Waals surface area contributed by atoms with Crippen LogP contribution in [0.5, 0.6) is 0 Å². The number of carboxylic acids is 1. The minimum absolute atomic E-state index is 0.156. The van der Waals surface area contributed by atoms with E-state index in [0.29, 0.717) is 25.8 Å². The number of carbonyl (C=O) groups is 4. The van der Waals surface area contributed by atoms with Crippen molar-refractivity contribution in [2.75, 3.05) is 6.54 Å². The lowest BCUT2D eigenvalue weighted by atomic mass is 10.1. The molecule has 8 nitrogen and oxygen atoms in total. The Bertz CT molecular complexity index is 483. The fraction of sp³-hybridized carbons (Fsp3) is 0.600. The number of carboxylic acid groups (broad SMARTS) is 1. The van der Waals surface area contributed by atoms with Crippen molar-refractivity contribution < 1.29 is 24.3 Å². The minimum Gasteiger partial charge on any atom is -0.480 e. The highest BCUT2D eigenvalue weighted by Crippen LogP contribution is 2.07.